The molecule has 0 spiro atoms. The van der Waals surface area contributed by atoms with Gasteiger partial charge in [-0.15, -0.1) is 0 Å². The number of carbonyl (C=O) groups excluding carboxylic acids is 2. The molecule has 2 amide bonds. The van der Waals surface area contributed by atoms with Crippen LogP contribution in [0.4, 0.5) is 5.69 Å². The zero-order chi connectivity index (χ0) is 24.1. The first kappa shape index (κ1) is 26.0. The first-order valence-corrected chi connectivity index (χ1v) is 12.6. The van der Waals surface area contributed by atoms with E-state index in [-0.39, 0.29) is 12.5 Å². The zero-order valence-electron chi connectivity index (χ0n) is 18.4. The van der Waals surface area contributed by atoms with Crippen LogP contribution in [0.5, 0.6) is 0 Å². The summed E-state index contributed by atoms with van der Waals surface area (Å²) >= 11 is 12.6. The lowest BCUT2D eigenvalue weighted by atomic mass is 10.1. The Bertz CT molecular complexity index is 1050. The number of likely N-dealkylation sites (N-methyl/N-ethyl adjacent to an activating group) is 1. The van der Waals surface area contributed by atoms with E-state index < -0.39 is 28.5 Å². The number of halogens is 2. The van der Waals surface area contributed by atoms with Crippen molar-refractivity contribution in [1.82, 2.24) is 10.2 Å². The molecule has 7 nitrogen and oxygen atoms in total. The smallest absolute Gasteiger partial charge is 0.244 e. The van der Waals surface area contributed by atoms with E-state index in [0.717, 1.165) is 16.1 Å². The van der Waals surface area contributed by atoms with E-state index in [1.165, 1.54) is 11.9 Å². The summed E-state index contributed by atoms with van der Waals surface area (Å²) in [5.74, 6) is -0.923. The third-order valence-corrected chi connectivity index (χ3v) is 6.87. The number of rotatable bonds is 9. The van der Waals surface area contributed by atoms with Crippen molar-refractivity contribution in [3.05, 3.63) is 63.6 Å². The van der Waals surface area contributed by atoms with Gasteiger partial charge in [-0.2, -0.15) is 0 Å². The van der Waals surface area contributed by atoms with Gasteiger partial charge in [0.15, 0.2) is 0 Å². The van der Waals surface area contributed by atoms with Crippen LogP contribution in [0.25, 0.3) is 0 Å². The van der Waals surface area contributed by atoms with Gasteiger partial charge >= 0.3 is 0 Å². The normalized spacial score (nSPS) is 12.2. The van der Waals surface area contributed by atoms with Crippen molar-refractivity contribution < 1.29 is 18.0 Å². The number of hydrogen-bond donors (Lipinski definition) is 1. The number of benzene rings is 2. The summed E-state index contributed by atoms with van der Waals surface area (Å²) in [4.78, 5) is 27.3. The fourth-order valence-corrected chi connectivity index (χ4v) is 4.63. The Labute approximate surface area is 199 Å². The van der Waals surface area contributed by atoms with E-state index in [1.807, 2.05) is 6.92 Å². The molecule has 0 aromatic heterocycles. The molecule has 0 aliphatic carbocycles. The van der Waals surface area contributed by atoms with Gasteiger partial charge in [0, 0.05) is 29.2 Å². The second-order valence-electron chi connectivity index (χ2n) is 7.37. The lowest BCUT2D eigenvalue weighted by Gasteiger charge is -2.33. The number of anilines is 1. The number of sulfonamides is 1. The minimum Gasteiger partial charge on any atom is -0.357 e. The molecule has 0 aliphatic rings. The molecule has 0 radical (unpaired) electrons. The summed E-state index contributed by atoms with van der Waals surface area (Å²) in [5, 5.41) is 3.25. The summed E-state index contributed by atoms with van der Waals surface area (Å²) < 4.78 is 26.0. The van der Waals surface area contributed by atoms with Gasteiger partial charge in [-0.05, 0) is 37.6 Å². The van der Waals surface area contributed by atoms with Crippen LogP contribution < -0.4 is 9.62 Å². The number of hydrogen-bond acceptors (Lipinski definition) is 4. The predicted octanol–water partition coefficient (Wildman–Crippen LogP) is 3.62. The van der Waals surface area contributed by atoms with Gasteiger partial charge in [0.25, 0.3) is 0 Å². The number of aryl methyl sites for hydroxylation is 1. The molecular formula is C22H27Cl2N3O4S. The van der Waals surface area contributed by atoms with E-state index in [0.29, 0.717) is 27.7 Å². The second kappa shape index (κ2) is 11.0. The lowest BCUT2D eigenvalue weighted by Crippen LogP contribution is -2.51. The highest BCUT2D eigenvalue weighted by Crippen LogP contribution is 2.27. The van der Waals surface area contributed by atoms with Gasteiger partial charge in [-0.3, -0.25) is 13.9 Å². The Morgan fingerprint density at radius 3 is 2.09 bits per heavy atom. The molecule has 1 atom stereocenters. The maximum atomic E-state index is 13.4. The number of carbonyl (C=O) groups is 2. The average Bonchev–Trinajstić information content (AvgIpc) is 2.73. The van der Waals surface area contributed by atoms with Crippen LogP contribution in [0.3, 0.4) is 0 Å². The van der Waals surface area contributed by atoms with Crippen molar-refractivity contribution >= 4 is 50.7 Å². The fraction of sp³-hybridized carbons (Fsp3) is 0.364. The van der Waals surface area contributed by atoms with Gasteiger partial charge in [0.1, 0.15) is 12.6 Å². The molecule has 1 N–H and O–H groups in total. The summed E-state index contributed by atoms with van der Waals surface area (Å²) in [6.07, 6.45) is 1.35. The summed E-state index contributed by atoms with van der Waals surface area (Å²) in [7, 11) is -2.30. The maximum absolute atomic E-state index is 13.4. The zero-order valence-corrected chi connectivity index (χ0v) is 20.8. The van der Waals surface area contributed by atoms with E-state index in [2.05, 4.69) is 5.32 Å². The minimum absolute atomic E-state index is 0.0469. The molecule has 0 saturated heterocycles. The van der Waals surface area contributed by atoms with Crippen molar-refractivity contribution in [3.63, 3.8) is 0 Å². The van der Waals surface area contributed by atoms with Crippen LogP contribution in [0, 0.1) is 6.92 Å². The Hall–Kier alpha value is -2.29. The highest BCUT2D eigenvalue weighted by molar-refractivity contribution is 7.92. The van der Waals surface area contributed by atoms with Crippen molar-refractivity contribution in [1.29, 1.82) is 0 Å². The van der Waals surface area contributed by atoms with E-state index in [4.69, 9.17) is 23.2 Å². The minimum atomic E-state index is -3.77. The number of amides is 2. The third-order valence-electron chi connectivity index (χ3n) is 5.02. The molecule has 0 saturated carbocycles. The van der Waals surface area contributed by atoms with Crippen molar-refractivity contribution in [2.75, 3.05) is 24.2 Å². The molecule has 174 valence electrons. The summed E-state index contributed by atoms with van der Waals surface area (Å²) in [5.41, 5.74) is 1.79. The Morgan fingerprint density at radius 1 is 1.06 bits per heavy atom. The average molecular weight is 500 g/mol. The highest BCUT2D eigenvalue weighted by atomic mass is 35.5. The summed E-state index contributed by atoms with van der Waals surface area (Å²) in [6.45, 7) is 3.12. The highest BCUT2D eigenvalue weighted by Gasteiger charge is 2.32. The molecule has 0 fully saturated rings. The van der Waals surface area contributed by atoms with E-state index >= 15 is 0 Å². The largest absolute Gasteiger partial charge is 0.357 e. The Morgan fingerprint density at radius 2 is 1.62 bits per heavy atom. The SMILES string of the molecule is CC[C@@H](C(=O)NC)N(Cc1c(Cl)cccc1Cl)C(=O)CN(c1ccc(C)cc1)S(C)(=O)=O. The monoisotopic (exact) mass is 499 g/mol. The van der Waals surface area contributed by atoms with Gasteiger partial charge in [-0.1, -0.05) is 53.9 Å². The maximum Gasteiger partial charge on any atom is 0.244 e. The molecular weight excluding hydrogens is 473 g/mol. The molecule has 0 heterocycles. The number of nitrogens with zero attached hydrogens (tertiary/aromatic N) is 2. The molecule has 0 bridgehead atoms. The molecule has 32 heavy (non-hydrogen) atoms. The number of nitrogens with one attached hydrogen (secondary N) is 1. The van der Waals surface area contributed by atoms with Crippen LogP contribution >= 0.6 is 23.2 Å². The van der Waals surface area contributed by atoms with Crippen molar-refractivity contribution in [2.24, 2.45) is 0 Å². The van der Waals surface area contributed by atoms with Crippen LogP contribution in [0.15, 0.2) is 42.5 Å². The molecule has 2 aromatic rings. The van der Waals surface area contributed by atoms with Gasteiger partial charge in [0.05, 0.1) is 11.9 Å². The van der Waals surface area contributed by atoms with E-state index in [9.17, 15) is 18.0 Å². The topological polar surface area (TPSA) is 86.8 Å². The van der Waals surface area contributed by atoms with Crippen LogP contribution in [-0.4, -0.2) is 51.0 Å². The Kier molecular flexibility index (Phi) is 8.95. The first-order chi connectivity index (χ1) is 15.0. The van der Waals surface area contributed by atoms with Gasteiger partial charge in [-0.25, -0.2) is 8.42 Å². The quantitative estimate of drug-likeness (QED) is 0.570. The third kappa shape index (κ3) is 6.37. The first-order valence-electron chi connectivity index (χ1n) is 9.97. The second-order valence-corrected chi connectivity index (χ2v) is 10.1. The fourth-order valence-electron chi connectivity index (χ4n) is 3.26. The molecule has 0 aliphatic heterocycles. The van der Waals surface area contributed by atoms with Crippen LogP contribution in [0.1, 0.15) is 24.5 Å². The standard InChI is InChI=1S/C22H27Cl2N3O4S/c1-5-20(22(29)25-3)26(13-17-18(23)7-6-8-19(17)24)21(28)14-27(32(4,30)31)16-11-9-15(2)10-12-16/h6-12,20H,5,13-14H2,1-4H3,(H,25,29)/t20-/m0/s1. The molecule has 0 unspecified atom stereocenters. The van der Waals surface area contributed by atoms with Crippen molar-refractivity contribution in [2.45, 2.75) is 32.9 Å². The van der Waals surface area contributed by atoms with Gasteiger partial charge in [0.2, 0.25) is 21.8 Å². The Balaban J connectivity index is 2.47. The molecule has 10 heteroatoms. The lowest BCUT2D eigenvalue weighted by molar-refractivity contribution is -0.140. The van der Waals surface area contributed by atoms with Crippen LogP contribution in [0.2, 0.25) is 10.0 Å². The van der Waals surface area contributed by atoms with Gasteiger partial charge < -0.3 is 10.2 Å². The predicted molar refractivity (Wildman–Crippen MR) is 129 cm³/mol. The molecule has 2 rings (SSSR count). The summed E-state index contributed by atoms with van der Waals surface area (Å²) in [6, 6.07) is 10.9. The molecule has 2 aromatic carbocycles. The van der Waals surface area contributed by atoms with Crippen LogP contribution in [-0.2, 0) is 26.2 Å². The van der Waals surface area contributed by atoms with E-state index in [1.54, 1.807) is 49.4 Å². The van der Waals surface area contributed by atoms with Crippen molar-refractivity contribution in [3.8, 4) is 0 Å².